The summed E-state index contributed by atoms with van der Waals surface area (Å²) < 4.78 is 24.1. The van der Waals surface area contributed by atoms with E-state index in [1.165, 1.54) is 19.9 Å². The van der Waals surface area contributed by atoms with Gasteiger partial charge in [0.2, 0.25) is 0 Å². The molecule has 8 nitrogen and oxygen atoms in total. The van der Waals surface area contributed by atoms with Crippen molar-refractivity contribution in [3.8, 4) is 0 Å². The molecule has 0 aromatic heterocycles. The van der Waals surface area contributed by atoms with Crippen molar-refractivity contribution in [1.29, 1.82) is 0 Å². The van der Waals surface area contributed by atoms with Gasteiger partial charge < -0.3 is 18.9 Å². The van der Waals surface area contributed by atoms with Crippen LogP contribution in [0.4, 0.5) is 0 Å². The second kappa shape index (κ2) is 8.81. The van der Waals surface area contributed by atoms with Gasteiger partial charge in [-0.25, -0.2) is 4.79 Å². The minimum Gasteiger partial charge on any atom is -0.462 e. The van der Waals surface area contributed by atoms with Gasteiger partial charge in [-0.1, -0.05) is 20.8 Å². The smallest absolute Gasteiger partial charge is 0.331 e. The van der Waals surface area contributed by atoms with Gasteiger partial charge in [0.15, 0.2) is 0 Å². The first kappa shape index (κ1) is 28.2. The summed E-state index contributed by atoms with van der Waals surface area (Å²) in [4.78, 5) is 50.2. The molecule has 8 heteroatoms. The van der Waals surface area contributed by atoms with E-state index in [-0.39, 0.29) is 58.8 Å². The van der Waals surface area contributed by atoms with Crippen molar-refractivity contribution in [2.24, 2.45) is 39.9 Å². The lowest BCUT2D eigenvalue weighted by atomic mass is 9.36. The molecule has 0 spiro atoms. The number of rotatable bonds is 3. The minimum absolute atomic E-state index is 0.0308. The van der Waals surface area contributed by atoms with E-state index in [0.717, 1.165) is 25.7 Å². The van der Waals surface area contributed by atoms with Gasteiger partial charge in [-0.05, 0) is 75.7 Å². The standard InChI is InChI=1S/C31H44O8/c1-17(32)36-21-15-20-19(30(7)14-11-24(34)39-30)9-12-28(20,5)29(6)13-10-22-27(3,4)38-25(35)16-23(37-18(2)33)31(22,8)26(21)29/h11,14,19-23,26H,9-10,12-13,15-16H2,1-8H3/t19-,20+,21+,22-,23+,26-,28+,29+,30-,31+/m0/s1. The zero-order valence-electron chi connectivity index (χ0n) is 24.6. The fraction of sp³-hybridized carbons (Fsp3) is 0.806. The Labute approximate surface area is 231 Å². The Kier molecular flexibility index (Phi) is 6.36. The number of hydrogen-bond acceptors (Lipinski definition) is 8. The van der Waals surface area contributed by atoms with E-state index in [9.17, 15) is 19.2 Å². The predicted molar refractivity (Wildman–Crippen MR) is 141 cm³/mol. The summed E-state index contributed by atoms with van der Waals surface area (Å²) in [6.45, 7) is 15.5. The van der Waals surface area contributed by atoms with Crippen LogP contribution in [0.15, 0.2) is 12.2 Å². The van der Waals surface area contributed by atoms with E-state index in [2.05, 4.69) is 20.8 Å². The van der Waals surface area contributed by atoms with Crippen molar-refractivity contribution in [3.05, 3.63) is 12.2 Å². The largest absolute Gasteiger partial charge is 0.462 e. The maximum absolute atomic E-state index is 13.0. The molecular formula is C31H44O8. The van der Waals surface area contributed by atoms with E-state index in [4.69, 9.17) is 18.9 Å². The molecule has 216 valence electrons. The van der Waals surface area contributed by atoms with Crippen LogP contribution in [0.2, 0.25) is 0 Å². The zero-order chi connectivity index (χ0) is 28.8. The molecular weight excluding hydrogens is 500 g/mol. The number of carbonyl (C=O) groups is 4. The summed E-state index contributed by atoms with van der Waals surface area (Å²) in [6.07, 6.45) is 6.33. The quantitative estimate of drug-likeness (QED) is 0.364. The Morgan fingerprint density at radius 2 is 1.51 bits per heavy atom. The Bertz CT molecular complexity index is 1130. The van der Waals surface area contributed by atoms with Gasteiger partial charge in [-0.2, -0.15) is 0 Å². The van der Waals surface area contributed by atoms with Crippen molar-refractivity contribution in [2.45, 2.75) is 117 Å². The third kappa shape index (κ3) is 3.98. The van der Waals surface area contributed by atoms with E-state index in [1.54, 1.807) is 0 Å². The highest BCUT2D eigenvalue weighted by atomic mass is 16.6. The Morgan fingerprint density at radius 1 is 0.872 bits per heavy atom. The van der Waals surface area contributed by atoms with Crippen molar-refractivity contribution >= 4 is 23.9 Å². The lowest BCUT2D eigenvalue weighted by molar-refractivity contribution is -0.263. The van der Waals surface area contributed by atoms with Crippen LogP contribution >= 0.6 is 0 Å². The first-order valence-electron chi connectivity index (χ1n) is 14.5. The summed E-state index contributed by atoms with van der Waals surface area (Å²) in [5.41, 5.74) is -2.63. The topological polar surface area (TPSA) is 105 Å². The summed E-state index contributed by atoms with van der Waals surface area (Å²) in [7, 11) is 0. The number of fused-ring (bicyclic) bond motifs is 5. The summed E-state index contributed by atoms with van der Waals surface area (Å²) in [5.74, 6) is -1.53. The van der Waals surface area contributed by atoms with E-state index < -0.39 is 34.8 Å². The highest BCUT2D eigenvalue weighted by Gasteiger charge is 2.74. The molecule has 0 unspecified atom stereocenters. The van der Waals surface area contributed by atoms with Crippen molar-refractivity contribution in [1.82, 2.24) is 0 Å². The van der Waals surface area contributed by atoms with Gasteiger partial charge in [0.1, 0.15) is 23.4 Å². The molecule has 0 N–H and O–H groups in total. The van der Waals surface area contributed by atoms with Crippen LogP contribution in [0.3, 0.4) is 0 Å². The lowest BCUT2D eigenvalue weighted by Gasteiger charge is -2.69. The van der Waals surface area contributed by atoms with E-state index in [1.807, 2.05) is 26.8 Å². The fourth-order valence-corrected chi connectivity index (χ4v) is 10.5. The lowest BCUT2D eigenvalue weighted by Crippen LogP contribution is -2.69. The second-order valence-electron chi connectivity index (χ2n) is 14.2. The van der Waals surface area contributed by atoms with Crippen LogP contribution in [-0.4, -0.2) is 47.3 Å². The van der Waals surface area contributed by atoms with Gasteiger partial charge in [-0.3, -0.25) is 14.4 Å². The maximum atomic E-state index is 13.0. The molecule has 0 bridgehead atoms. The molecule has 0 radical (unpaired) electrons. The SMILES string of the molecule is CC(=O)O[C@@H]1C[C@@H]2[C@@H]([C@]3(C)C=CC(=O)O3)CC[C@@]2(C)[C@]2(C)CC[C@H]3C(C)(C)OC(=O)C[C@@H](OC(C)=O)[C@]3(C)[C@@H]12. The van der Waals surface area contributed by atoms with Gasteiger partial charge in [0.05, 0.1) is 6.42 Å². The molecule has 0 aromatic carbocycles. The first-order chi connectivity index (χ1) is 18.0. The van der Waals surface area contributed by atoms with Gasteiger partial charge >= 0.3 is 23.9 Å². The van der Waals surface area contributed by atoms with Crippen LogP contribution in [0.1, 0.15) is 93.9 Å². The first-order valence-corrected chi connectivity index (χ1v) is 14.5. The second-order valence-corrected chi connectivity index (χ2v) is 14.2. The number of esters is 4. The summed E-state index contributed by atoms with van der Waals surface area (Å²) >= 11 is 0. The van der Waals surface area contributed by atoms with Crippen molar-refractivity contribution < 1.29 is 38.1 Å². The summed E-state index contributed by atoms with van der Waals surface area (Å²) in [5, 5.41) is 0. The molecule has 5 aliphatic rings. The Balaban J connectivity index is 1.67. The van der Waals surface area contributed by atoms with Crippen LogP contribution in [0.5, 0.6) is 0 Å². The van der Waals surface area contributed by atoms with Crippen LogP contribution in [0, 0.1) is 39.9 Å². The average Bonchev–Trinajstić information content (AvgIpc) is 3.30. The molecule has 1 saturated heterocycles. The van der Waals surface area contributed by atoms with Crippen LogP contribution < -0.4 is 0 Å². The Morgan fingerprint density at radius 3 is 2.10 bits per heavy atom. The molecule has 2 heterocycles. The molecule has 0 amide bonds. The monoisotopic (exact) mass is 544 g/mol. The molecule has 3 saturated carbocycles. The fourth-order valence-electron chi connectivity index (χ4n) is 10.5. The van der Waals surface area contributed by atoms with Crippen molar-refractivity contribution in [3.63, 3.8) is 0 Å². The van der Waals surface area contributed by atoms with E-state index in [0.29, 0.717) is 6.42 Å². The van der Waals surface area contributed by atoms with Crippen molar-refractivity contribution in [2.75, 3.05) is 0 Å². The number of cyclic esters (lactones) is 2. The molecule has 2 aliphatic heterocycles. The molecule has 10 atom stereocenters. The predicted octanol–water partition coefficient (Wildman–Crippen LogP) is 4.92. The molecule has 0 aromatic rings. The molecule has 3 aliphatic carbocycles. The average molecular weight is 545 g/mol. The third-order valence-electron chi connectivity index (χ3n) is 12.0. The number of carbonyl (C=O) groups excluding carboxylic acids is 4. The Hall–Kier alpha value is -2.38. The molecule has 39 heavy (non-hydrogen) atoms. The van der Waals surface area contributed by atoms with E-state index >= 15 is 0 Å². The zero-order valence-corrected chi connectivity index (χ0v) is 24.6. The third-order valence-corrected chi connectivity index (χ3v) is 12.0. The van der Waals surface area contributed by atoms with Gasteiger partial charge in [0, 0.05) is 43.1 Å². The van der Waals surface area contributed by atoms with Crippen LogP contribution in [0.25, 0.3) is 0 Å². The molecule has 4 fully saturated rings. The number of hydrogen-bond donors (Lipinski definition) is 0. The maximum Gasteiger partial charge on any atom is 0.331 e. The van der Waals surface area contributed by atoms with Gasteiger partial charge in [0.25, 0.3) is 0 Å². The molecule has 5 rings (SSSR count). The van der Waals surface area contributed by atoms with Gasteiger partial charge in [-0.15, -0.1) is 0 Å². The number of ether oxygens (including phenoxy) is 4. The highest BCUT2D eigenvalue weighted by Crippen LogP contribution is 2.75. The normalized spacial score (nSPS) is 48.1. The van der Waals surface area contributed by atoms with Crippen LogP contribution in [-0.2, 0) is 38.1 Å². The minimum atomic E-state index is -0.783. The highest BCUT2D eigenvalue weighted by molar-refractivity contribution is 5.85. The summed E-state index contributed by atoms with van der Waals surface area (Å²) in [6, 6.07) is 0.